The molecule has 1 aliphatic rings. The fourth-order valence-electron chi connectivity index (χ4n) is 1.78. The molecule has 0 heterocycles. The van der Waals surface area contributed by atoms with Crippen molar-refractivity contribution >= 4 is 19.8 Å². The van der Waals surface area contributed by atoms with Gasteiger partial charge in [0.1, 0.15) is 0 Å². The van der Waals surface area contributed by atoms with Crippen LogP contribution in [0.25, 0.3) is 0 Å². The maximum Gasteiger partial charge on any atom is 0.500 e. The summed E-state index contributed by atoms with van der Waals surface area (Å²) in [4.78, 5) is 0. The van der Waals surface area contributed by atoms with Gasteiger partial charge in [0.15, 0.2) is 0 Å². The van der Waals surface area contributed by atoms with Crippen LogP contribution in [0, 0.1) is 5.92 Å². The molecule has 0 amide bonds. The number of allylic oxidation sites excluding steroid dienone is 4. The fourth-order valence-corrected chi connectivity index (χ4v) is 3.53. The molecule has 0 atom stereocenters. The van der Waals surface area contributed by atoms with E-state index in [1.807, 2.05) is 0 Å². The minimum atomic E-state index is -2.34. The van der Waals surface area contributed by atoms with Crippen molar-refractivity contribution in [2.45, 2.75) is 18.9 Å². The van der Waals surface area contributed by atoms with Crippen molar-refractivity contribution in [1.29, 1.82) is 0 Å². The molecule has 0 saturated carbocycles. The van der Waals surface area contributed by atoms with Crippen LogP contribution in [-0.2, 0) is 13.3 Å². The highest BCUT2D eigenvalue weighted by Gasteiger charge is 2.36. The van der Waals surface area contributed by atoms with Gasteiger partial charge in [-0.2, -0.15) is 0 Å². The van der Waals surface area contributed by atoms with E-state index in [4.69, 9.17) is 13.3 Å². The van der Waals surface area contributed by atoms with Crippen LogP contribution in [-0.4, -0.2) is 41.1 Å². The van der Waals surface area contributed by atoms with Crippen LogP contribution in [0.5, 0.6) is 0 Å². The lowest BCUT2D eigenvalue weighted by Gasteiger charge is -2.24. The third-order valence-electron chi connectivity index (χ3n) is 2.78. The molecule has 3 nitrogen and oxygen atoms in total. The Labute approximate surface area is 104 Å². The van der Waals surface area contributed by atoms with Crippen molar-refractivity contribution < 1.29 is 13.3 Å². The van der Waals surface area contributed by atoms with E-state index >= 15 is 0 Å². The third kappa shape index (κ3) is 4.35. The second-order valence-corrected chi connectivity index (χ2v) is 6.71. The monoisotopic (exact) mass is 260 g/mol. The Morgan fingerprint density at radius 2 is 1.50 bits per heavy atom. The van der Waals surface area contributed by atoms with E-state index in [2.05, 4.69) is 24.3 Å². The van der Waals surface area contributed by atoms with E-state index in [0.29, 0.717) is 5.92 Å². The molecule has 5 heteroatoms. The second-order valence-electron chi connectivity index (χ2n) is 3.62. The zero-order valence-corrected chi connectivity index (χ0v) is 10.7. The molecule has 0 saturated heterocycles. The van der Waals surface area contributed by atoms with Crippen LogP contribution >= 0.6 is 0 Å². The van der Waals surface area contributed by atoms with Gasteiger partial charge in [-0.05, 0) is 29.7 Å². The van der Waals surface area contributed by atoms with Crippen LogP contribution < -0.4 is 0 Å². The van der Waals surface area contributed by atoms with E-state index in [9.17, 15) is 0 Å². The van der Waals surface area contributed by atoms with Crippen LogP contribution in [0.3, 0.4) is 0 Å². The zero-order valence-electron chi connectivity index (χ0n) is 9.73. The molecule has 0 aromatic heterocycles. The molecule has 0 fully saturated rings. The predicted molar refractivity (Wildman–Crippen MR) is 73.9 cm³/mol. The highest BCUT2D eigenvalue weighted by molar-refractivity contribution is 6.60. The standard InChI is InChI=1S/C11H20O3Si.H4Si/c1-12-15(13-2,14-3)10-6-9-11-7-4-5-8-11;/h4-5,7-8,11H,6,9-10H2,1-3H3;1H4. The Morgan fingerprint density at radius 3 is 1.94 bits per heavy atom. The highest BCUT2D eigenvalue weighted by Crippen LogP contribution is 2.21. The predicted octanol–water partition coefficient (Wildman–Crippen LogP) is 0.935. The van der Waals surface area contributed by atoms with Gasteiger partial charge in [-0.1, -0.05) is 24.3 Å². The lowest BCUT2D eigenvalue weighted by atomic mass is 10.1. The Hall–Kier alpha value is -0.206. The van der Waals surface area contributed by atoms with Gasteiger partial charge in [0.25, 0.3) is 0 Å². The van der Waals surface area contributed by atoms with Gasteiger partial charge >= 0.3 is 8.80 Å². The molecule has 0 spiro atoms. The maximum atomic E-state index is 5.36. The lowest BCUT2D eigenvalue weighted by molar-refractivity contribution is 0.122. The smallest absolute Gasteiger partial charge is 0.377 e. The molecule has 16 heavy (non-hydrogen) atoms. The van der Waals surface area contributed by atoms with Crippen molar-refractivity contribution in [2.75, 3.05) is 21.3 Å². The summed E-state index contributed by atoms with van der Waals surface area (Å²) in [7, 11) is 2.65. The Kier molecular flexibility index (Phi) is 7.87. The van der Waals surface area contributed by atoms with Crippen molar-refractivity contribution in [1.82, 2.24) is 0 Å². The van der Waals surface area contributed by atoms with Crippen molar-refractivity contribution in [3.05, 3.63) is 24.3 Å². The largest absolute Gasteiger partial charge is 0.500 e. The Bertz CT molecular complexity index is 217. The molecule has 0 bridgehead atoms. The van der Waals surface area contributed by atoms with Crippen LogP contribution in [0.15, 0.2) is 24.3 Å². The van der Waals surface area contributed by atoms with Crippen LogP contribution in [0.2, 0.25) is 6.04 Å². The summed E-state index contributed by atoms with van der Waals surface area (Å²) >= 11 is 0. The first-order valence-corrected chi connectivity index (χ1v) is 7.20. The summed E-state index contributed by atoms with van der Waals surface area (Å²) in [5, 5.41) is 0. The SMILES string of the molecule is CO[Si](CCCC1C=CC=C1)(OC)OC.[SiH4]. The van der Waals surface area contributed by atoms with Gasteiger partial charge in [0, 0.05) is 27.4 Å². The second kappa shape index (κ2) is 7.97. The summed E-state index contributed by atoms with van der Waals surface area (Å²) in [6.07, 6.45) is 10.8. The normalized spacial score (nSPS) is 15.4. The van der Waals surface area contributed by atoms with E-state index in [0.717, 1.165) is 18.9 Å². The van der Waals surface area contributed by atoms with Gasteiger partial charge < -0.3 is 13.3 Å². The fraction of sp³-hybridized carbons (Fsp3) is 0.636. The molecular formula is C11H24O3Si2. The topological polar surface area (TPSA) is 27.7 Å². The molecule has 0 radical (unpaired) electrons. The molecule has 94 valence electrons. The summed E-state index contributed by atoms with van der Waals surface area (Å²) in [6, 6.07) is 0.884. The summed E-state index contributed by atoms with van der Waals surface area (Å²) in [6.45, 7) is 0. The number of rotatable bonds is 7. The molecule has 0 unspecified atom stereocenters. The first kappa shape index (κ1) is 15.8. The highest BCUT2D eigenvalue weighted by atomic mass is 28.4. The summed E-state index contributed by atoms with van der Waals surface area (Å²) < 4.78 is 16.1. The molecule has 0 aromatic carbocycles. The third-order valence-corrected chi connectivity index (χ3v) is 5.61. The van der Waals surface area contributed by atoms with Gasteiger partial charge in [-0.25, -0.2) is 0 Å². The minimum Gasteiger partial charge on any atom is -0.377 e. The van der Waals surface area contributed by atoms with E-state index in [1.165, 1.54) is 0 Å². The van der Waals surface area contributed by atoms with E-state index < -0.39 is 8.80 Å². The first-order chi connectivity index (χ1) is 7.26. The molecule has 0 aromatic rings. The molecular weight excluding hydrogens is 236 g/mol. The average molecular weight is 260 g/mol. The maximum absolute atomic E-state index is 5.36. The van der Waals surface area contributed by atoms with Gasteiger partial charge in [-0.15, -0.1) is 0 Å². The lowest BCUT2D eigenvalue weighted by Crippen LogP contribution is -2.42. The van der Waals surface area contributed by atoms with Crippen molar-refractivity contribution in [2.24, 2.45) is 5.92 Å². The van der Waals surface area contributed by atoms with Crippen molar-refractivity contribution in [3.8, 4) is 0 Å². The van der Waals surface area contributed by atoms with Crippen LogP contribution in [0.1, 0.15) is 12.8 Å². The summed E-state index contributed by atoms with van der Waals surface area (Å²) in [5.74, 6) is 0.585. The van der Waals surface area contributed by atoms with E-state index in [-0.39, 0.29) is 11.0 Å². The van der Waals surface area contributed by atoms with Crippen molar-refractivity contribution in [3.63, 3.8) is 0 Å². The molecule has 1 rings (SSSR count). The van der Waals surface area contributed by atoms with Gasteiger partial charge in [-0.3, -0.25) is 0 Å². The first-order valence-electron chi connectivity index (χ1n) is 5.27. The average Bonchev–Trinajstić information content (AvgIpc) is 2.78. The van der Waals surface area contributed by atoms with Crippen LogP contribution in [0.4, 0.5) is 0 Å². The minimum absolute atomic E-state index is 0. The number of hydrogen-bond donors (Lipinski definition) is 0. The Morgan fingerprint density at radius 1 is 1.00 bits per heavy atom. The van der Waals surface area contributed by atoms with E-state index in [1.54, 1.807) is 21.3 Å². The summed E-state index contributed by atoms with van der Waals surface area (Å²) in [5.41, 5.74) is 0. The Balaban J connectivity index is 0.00000225. The number of hydrogen-bond acceptors (Lipinski definition) is 3. The zero-order chi connectivity index (χ0) is 11.1. The van der Waals surface area contributed by atoms with Gasteiger partial charge in [0.2, 0.25) is 0 Å². The van der Waals surface area contributed by atoms with Gasteiger partial charge in [0.05, 0.1) is 0 Å². The quantitative estimate of drug-likeness (QED) is 0.638. The molecule has 0 N–H and O–H groups in total. The molecule has 1 aliphatic carbocycles. The molecule has 0 aliphatic heterocycles.